The molecular weight excluding hydrogens is 492 g/mol. The number of carbonyl (C=O) groups is 1. The Morgan fingerprint density at radius 2 is 1.59 bits per heavy atom. The van der Waals surface area contributed by atoms with Crippen LogP contribution in [0.1, 0.15) is 15.9 Å². The highest BCUT2D eigenvalue weighted by molar-refractivity contribution is 6.09. The molecule has 198 valence electrons. The summed E-state index contributed by atoms with van der Waals surface area (Å²) < 4.78 is 22.0. The number of anilines is 1. The van der Waals surface area contributed by atoms with E-state index < -0.39 is 0 Å². The number of para-hydroxylation sites is 2. The van der Waals surface area contributed by atoms with Crippen LogP contribution in [0.2, 0.25) is 0 Å². The minimum absolute atomic E-state index is 0.355. The second kappa shape index (κ2) is 11.6. The molecule has 7 heteroatoms. The summed E-state index contributed by atoms with van der Waals surface area (Å²) in [6.07, 6.45) is 2.06. The van der Waals surface area contributed by atoms with Crippen molar-refractivity contribution in [2.75, 3.05) is 39.8 Å². The highest BCUT2D eigenvalue weighted by atomic mass is 16.5. The average molecular weight is 523 g/mol. The number of H-pyrrole nitrogens is 1. The summed E-state index contributed by atoms with van der Waals surface area (Å²) in [5.74, 6) is 1.73. The molecule has 7 nitrogen and oxygen atoms in total. The van der Waals surface area contributed by atoms with E-state index in [0.717, 1.165) is 44.4 Å². The first-order chi connectivity index (χ1) is 19.1. The highest BCUT2D eigenvalue weighted by Crippen LogP contribution is 2.32. The lowest BCUT2D eigenvalue weighted by atomic mass is 10.1. The third-order valence-corrected chi connectivity index (χ3v) is 6.52. The second-order valence-electron chi connectivity index (χ2n) is 8.98. The van der Waals surface area contributed by atoms with Gasteiger partial charge < -0.3 is 29.2 Å². The number of esters is 1. The number of methoxy groups -OCH3 is 3. The zero-order valence-electron chi connectivity index (χ0n) is 22.1. The van der Waals surface area contributed by atoms with Crippen LogP contribution in [0.25, 0.3) is 27.9 Å². The molecule has 1 aromatic heterocycles. The molecule has 0 unspecified atom stereocenters. The number of aromatic nitrogens is 1. The van der Waals surface area contributed by atoms with E-state index in [4.69, 9.17) is 18.9 Å². The van der Waals surface area contributed by atoms with Crippen LogP contribution in [0.5, 0.6) is 17.2 Å². The fraction of sp³-hybridized carbons (Fsp3) is 0.156. The largest absolute Gasteiger partial charge is 0.493 e. The maximum Gasteiger partial charge on any atom is 0.337 e. The number of aromatic amines is 1. The quantitative estimate of drug-likeness (QED) is 0.199. The normalized spacial score (nSPS) is 11.4. The van der Waals surface area contributed by atoms with Crippen molar-refractivity contribution >= 4 is 39.5 Å². The number of nitrogens with one attached hydrogen (secondary N) is 2. The topological polar surface area (TPSA) is 81.8 Å². The third kappa shape index (κ3) is 5.67. The molecule has 0 fully saturated rings. The molecule has 4 aromatic carbocycles. The summed E-state index contributed by atoms with van der Waals surface area (Å²) in [5, 5.41) is 5.74. The number of fused-ring (bicyclic) bond motifs is 3. The summed E-state index contributed by atoms with van der Waals surface area (Å²) >= 11 is 0. The molecule has 0 aliphatic heterocycles. The van der Waals surface area contributed by atoms with Gasteiger partial charge in [0.25, 0.3) is 0 Å². The van der Waals surface area contributed by atoms with E-state index in [9.17, 15) is 4.79 Å². The first kappa shape index (κ1) is 25.7. The summed E-state index contributed by atoms with van der Waals surface area (Å²) in [5.41, 5.74) is 5.37. The number of ether oxygens (including phenoxy) is 4. The van der Waals surface area contributed by atoms with Gasteiger partial charge in [-0.05, 0) is 47.5 Å². The highest BCUT2D eigenvalue weighted by Gasteiger charge is 2.11. The zero-order valence-corrected chi connectivity index (χ0v) is 22.1. The van der Waals surface area contributed by atoms with Gasteiger partial charge in [-0.2, -0.15) is 0 Å². The Hall–Kier alpha value is -4.91. The molecule has 1 heterocycles. The van der Waals surface area contributed by atoms with Crippen LogP contribution in [0, 0.1) is 0 Å². The molecule has 0 amide bonds. The maximum absolute atomic E-state index is 11.8. The molecule has 0 radical (unpaired) electrons. The molecule has 2 N–H and O–H groups in total. The first-order valence-corrected chi connectivity index (χ1v) is 12.6. The molecular formula is C32H30N2O5. The van der Waals surface area contributed by atoms with E-state index in [2.05, 4.69) is 34.6 Å². The van der Waals surface area contributed by atoms with Crippen LogP contribution >= 0.6 is 0 Å². The van der Waals surface area contributed by atoms with Gasteiger partial charge in [-0.15, -0.1) is 0 Å². The molecule has 5 rings (SSSR count). The van der Waals surface area contributed by atoms with Crippen molar-refractivity contribution in [3.63, 3.8) is 0 Å². The molecule has 0 saturated carbocycles. The standard InChI is InChI=1S/C32H30N2O5/c1-36-28-16-15-24(18-30(28)37-2)33-19-22(17-21-11-13-23(14-12-21)32(35)38-3)20-39-29-10-6-8-26-25-7-4-5-9-27(25)34-31(26)29/h4-18,33-34H,19-20H2,1-3H3/b22-17+. The van der Waals surface area contributed by atoms with Crippen LogP contribution in [-0.2, 0) is 4.74 Å². The summed E-state index contributed by atoms with van der Waals surface area (Å²) in [6.45, 7) is 0.879. The Balaban J connectivity index is 1.41. The molecule has 0 saturated heterocycles. The monoisotopic (exact) mass is 522 g/mol. The van der Waals surface area contributed by atoms with Crippen molar-refractivity contribution in [1.29, 1.82) is 0 Å². The van der Waals surface area contributed by atoms with Crippen LogP contribution in [0.15, 0.2) is 90.5 Å². The van der Waals surface area contributed by atoms with Gasteiger partial charge in [0, 0.05) is 34.6 Å². The van der Waals surface area contributed by atoms with Gasteiger partial charge in [-0.3, -0.25) is 0 Å². The van der Waals surface area contributed by atoms with E-state index >= 15 is 0 Å². The van der Waals surface area contributed by atoms with Crippen LogP contribution < -0.4 is 19.5 Å². The van der Waals surface area contributed by atoms with Crippen LogP contribution in [0.3, 0.4) is 0 Å². The van der Waals surface area contributed by atoms with Gasteiger partial charge in [0.05, 0.1) is 32.4 Å². The van der Waals surface area contributed by atoms with Crippen LogP contribution in [0.4, 0.5) is 5.69 Å². The van der Waals surface area contributed by atoms with Gasteiger partial charge in [0.15, 0.2) is 11.5 Å². The van der Waals surface area contributed by atoms with Crippen molar-refractivity contribution in [1.82, 2.24) is 4.98 Å². The Morgan fingerprint density at radius 3 is 2.36 bits per heavy atom. The fourth-order valence-electron chi connectivity index (χ4n) is 4.51. The molecule has 5 aromatic rings. The molecule has 0 spiro atoms. The van der Waals surface area contributed by atoms with E-state index in [-0.39, 0.29) is 5.97 Å². The van der Waals surface area contributed by atoms with Gasteiger partial charge >= 0.3 is 5.97 Å². The summed E-state index contributed by atoms with van der Waals surface area (Å²) in [4.78, 5) is 15.3. The van der Waals surface area contributed by atoms with Gasteiger partial charge in [0.2, 0.25) is 0 Å². The van der Waals surface area contributed by atoms with Gasteiger partial charge in [-0.25, -0.2) is 4.79 Å². The van der Waals surface area contributed by atoms with E-state index in [1.165, 1.54) is 7.11 Å². The van der Waals surface area contributed by atoms with E-state index in [0.29, 0.717) is 30.2 Å². The fourth-order valence-corrected chi connectivity index (χ4v) is 4.51. The third-order valence-electron chi connectivity index (χ3n) is 6.52. The molecule has 0 bridgehead atoms. The maximum atomic E-state index is 11.8. The first-order valence-electron chi connectivity index (χ1n) is 12.6. The number of hydrogen-bond acceptors (Lipinski definition) is 6. The number of hydrogen-bond donors (Lipinski definition) is 2. The molecule has 0 aliphatic rings. The molecule has 39 heavy (non-hydrogen) atoms. The Labute approximate surface area is 227 Å². The molecule has 0 aliphatic carbocycles. The average Bonchev–Trinajstić information content (AvgIpc) is 3.37. The van der Waals surface area contributed by atoms with Crippen molar-refractivity contribution in [2.45, 2.75) is 0 Å². The Kier molecular flexibility index (Phi) is 7.68. The Morgan fingerprint density at radius 1 is 0.821 bits per heavy atom. The van der Waals surface area contributed by atoms with Crippen molar-refractivity contribution in [3.05, 3.63) is 102 Å². The van der Waals surface area contributed by atoms with Crippen LogP contribution in [-0.4, -0.2) is 45.4 Å². The molecule has 0 atom stereocenters. The van der Waals surface area contributed by atoms with Gasteiger partial charge in [0.1, 0.15) is 12.4 Å². The number of carbonyl (C=O) groups excluding carboxylic acids is 1. The lowest BCUT2D eigenvalue weighted by Gasteiger charge is -2.15. The summed E-state index contributed by atoms with van der Waals surface area (Å²) in [6, 6.07) is 27.3. The second-order valence-corrected chi connectivity index (χ2v) is 8.98. The minimum Gasteiger partial charge on any atom is -0.493 e. The predicted octanol–water partition coefficient (Wildman–Crippen LogP) is 6.70. The number of benzene rings is 4. The zero-order chi connectivity index (χ0) is 27.2. The van der Waals surface area contributed by atoms with E-state index in [1.54, 1.807) is 26.4 Å². The minimum atomic E-state index is -0.365. The predicted molar refractivity (Wildman–Crippen MR) is 155 cm³/mol. The number of rotatable bonds is 10. The Bertz CT molecular complexity index is 1640. The van der Waals surface area contributed by atoms with Gasteiger partial charge in [-0.1, -0.05) is 48.5 Å². The van der Waals surface area contributed by atoms with Crippen molar-refractivity contribution < 1.29 is 23.7 Å². The van der Waals surface area contributed by atoms with Crippen molar-refractivity contribution in [3.8, 4) is 17.2 Å². The summed E-state index contributed by atoms with van der Waals surface area (Å²) in [7, 11) is 4.60. The van der Waals surface area contributed by atoms with E-state index in [1.807, 2.05) is 54.6 Å². The SMILES string of the molecule is COC(=O)c1ccc(/C=C(\CNc2ccc(OC)c(OC)c2)COc2cccc3c2[nH]c2ccccc23)cc1. The lowest BCUT2D eigenvalue weighted by Crippen LogP contribution is -2.12. The van der Waals surface area contributed by atoms with Crippen molar-refractivity contribution in [2.24, 2.45) is 0 Å². The smallest absolute Gasteiger partial charge is 0.337 e. The lowest BCUT2D eigenvalue weighted by molar-refractivity contribution is 0.0600.